The van der Waals surface area contributed by atoms with Crippen LogP contribution in [0.25, 0.3) is 22.3 Å². The van der Waals surface area contributed by atoms with Crippen LogP contribution in [0.4, 0.5) is 0 Å². The number of hydrogen-bond donors (Lipinski definition) is 2. The van der Waals surface area contributed by atoms with Gasteiger partial charge in [-0.25, -0.2) is 4.79 Å². The second kappa shape index (κ2) is 7.23. The molecular weight excluding hydrogens is 334 g/mol. The molecule has 0 fully saturated rings. The molecule has 6 heteroatoms. The molecule has 0 aliphatic rings. The number of carbonyl (C=O) groups excluding carboxylic acids is 1. The molecule has 3 rings (SSSR count). The van der Waals surface area contributed by atoms with E-state index in [2.05, 4.69) is 4.98 Å². The van der Waals surface area contributed by atoms with E-state index in [-0.39, 0.29) is 5.75 Å². The molecule has 0 saturated carbocycles. The van der Waals surface area contributed by atoms with Gasteiger partial charge in [0.05, 0.1) is 21.3 Å². The Kier molecular flexibility index (Phi) is 4.84. The number of H-pyrrole nitrogens is 1. The van der Waals surface area contributed by atoms with E-state index < -0.39 is 5.97 Å². The van der Waals surface area contributed by atoms with Gasteiger partial charge in [-0.05, 0) is 35.4 Å². The van der Waals surface area contributed by atoms with Gasteiger partial charge in [0, 0.05) is 17.3 Å². The normalized spacial score (nSPS) is 10.4. The highest BCUT2D eigenvalue weighted by molar-refractivity contribution is 6.01. The van der Waals surface area contributed by atoms with E-state index >= 15 is 0 Å². The van der Waals surface area contributed by atoms with Gasteiger partial charge < -0.3 is 24.3 Å². The Labute approximate surface area is 151 Å². The fraction of sp³-hybridized carbons (Fsp3) is 0.150. The summed E-state index contributed by atoms with van der Waals surface area (Å²) in [5.41, 5.74) is 3.44. The average molecular weight is 353 g/mol. The third kappa shape index (κ3) is 3.09. The predicted molar refractivity (Wildman–Crippen MR) is 97.8 cm³/mol. The number of aromatic amines is 1. The Bertz CT molecular complexity index is 928. The van der Waals surface area contributed by atoms with Gasteiger partial charge in [0.1, 0.15) is 11.4 Å². The number of aromatic hydroxyl groups is 1. The highest BCUT2D eigenvalue weighted by atomic mass is 16.5. The van der Waals surface area contributed by atoms with Crippen LogP contribution >= 0.6 is 0 Å². The lowest BCUT2D eigenvalue weighted by atomic mass is 9.96. The molecule has 0 bridgehead atoms. The van der Waals surface area contributed by atoms with Crippen molar-refractivity contribution in [3.05, 3.63) is 54.4 Å². The Morgan fingerprint density at radius 1 is 0.923 bits per heavy atom. The molecule has 2 aromatic carbocycles. The quantitative estimate of drug-likeness (QED) is 0.681. The van der Waals surface area contributed by atoms with Gasteiger partial charge in [-0.15, -0.1) is 0 Å². The summed E-state index contributed by atoms with van der Waals surface area (Å²) in [4.78, 5) is 15.2. The summed E-state index contributed by atoms with van der Waals surface area (Å²) in [7, 11) is 4.48. The summed E-state index contributed by atoms with van der Waals surface area (Å²) in [6, 6.07) is 12.2. The molecule has 134 valence electrons. The van der Waals surface area contributed by atoms with Crippen molar-refractivity contribution >= 4 is 5.97 Å². The van der Waals surface area contributed by atoms with E-state index in [1.165, 1.54) is 7.11 Å². The van der Waals surface area contributed by atoms with Crippen LogP contribution in [0.2, 0.25) is 0 Å². The maximum atomic E-state index is 12.2. The average Bonchev–Trinajstić information content (AvgIpc) is 3.12. The molecule has 0 amide bonds. The van der Waals surface area contributed by atoms with Gasteiger partial charge in [-0.1, -0.05) is 18.2 Å². The number of phenols is 1. The van der Waals surface area contributed by atoms with Crippen LogP contribution in [-0.4, -0.2) is 37.4 Å². The first-order valence-corrected chi connectivity index (χ1v) is 7.90. The number of benzene rings is 2. The number of rotatable bonds is 5. The topological polar surface area (TPSA) is 80.8 Å². The lowest BCUT2D eigenvalue weighted by Crippen LogP contribution is -2.03. The van der Waals surface area contributed by atoms with E-state index in [9.17, 15) is 9.90 Å². The smallest absolute Gasteiger partial charge is 0.355 e. The van der Waals surface area contributed by atoms with Gasteiger partial charge in [-0.2, -0.15) is 0 Å². The van der Waals surface area contributed by atoms with Crippen molar-refractivity contribution in [1.29, 1.82) is 0 Å². The molecule has 0 radical (unpaired) electrons. The SMILES string of the molecule is COC(=O)c1[nH]cc(-c2ccc(OC)c(OC)c2)c1-c1ccc(O)cc1. The first-order chi connectivity index (χ1) is 12.6. The van der Waals surface area contributed by atoms with Crippen molar-refractivity contribution in [2.45, 2.75) is 0 Å². The molecule has 0 aliphatic heterocycles. The first-order valence-electron chi connectivity index (χ1n) is 7.90. The van der Waals surface area contributed by atoms with Gasteiger partial charge in [0.15, 0.2) is 11.5 Å². The second-order valence-electron chi connectivity index (χ2n) is 5.56. The fourth-order valence-corrected chi connectivity index (χ4v) is 2.85. The van der Waals surface area contributed by atoms with E-state index in [1.54, 1.807) is 50.7 Å². The van der Waals surface area contributed by atoms with Gasteiger partial charge in [0.25, 0.3) is 0 Å². The molecule has 2 N–H and O–H groups in total. The standard InChI is InChI=1S/C20H19NO5/c1-24-16-9-6-13(10-17(16)25-2)15-11-21-19(20(23)26-3)18(15)12-4-7-14(22)8-5-12/h4-11,21-22H,1-3H3. The third-order valence-electron chi connectivity index (χ3n) is 4.12. The number of aromatic nitrogens is 1. The molecule has 0 atom stereocenters. The summed E-state index contributed by atoms with van der Waals surface area (Å²) in [6.07, 6.45) is 1.75. The highest BCUT2D eigenvalue weighted by Crippen LogP contribution is 2.39. The summed E-state index contributed by atoms with van der Waals surface area (Å²) in [5, 5.41) is 9.56. The minimum atomic E-state index is -0.472. The minimum Gasteiger partial charge on any atom is -0.508 e. The van der Waals surface area contributed by atoms with Crippen molar-refractivity contribution < 1.29 is 24.1 Å². The van der Waals surface area contributed by atoms with Gasteiger partial charge >= 0.3 is 5.97 Å². The molecule has 1 heterocycles. The van der Waals surface area contributed by atoms with Gasteiger partial charge in [-0.3, -0.25) is 0 Å². The number of esters is 1. The molecule has 0 saturated heterocycles. The van der Waals surface area contributed by atoms with Crippen LogP contribution < -0.4 is 9.47 Å². The molecule has 0 spiro atoms. The predicted octanol–water partition coefficient (Wildman–Crippen LogP) is 3.86. The molecule has 0 aliphatic carbocycles. The lowest BCUT2D eigenvalue weighted by Gasteiger charge is -2.11. The minimum absolute atomic E-state index is 0.150. The van der Waals surface area contributed by atoms with E-state index in [4.69, 9.17) is 14.2 Å². The van der Waals surface area contributed by atoms with E-state index in [0.29, 0.717) is 22.8 Å². The van der Waals surface area contributed by atoms with Crippen molar-refractivity contribution in [3.8, 4) is 39.5 Å². The number of ether oxygens (including phenoxy) is 3. The zero-order chi connectivity index (χ0) is 18.7. The summed E-state index contributed by atoms with van der Waals surface area (Å²) in [6.45, 7) is 0. The molecule has 6 nitrogen and oxygen atoms in total. The largest absolute Gasteiger partial charge is 0.508 e. The van der Waals surface area contributed by atoms with E-state index in [0.717, 1.165) is 16.7 Å². The highest BCUT2D eigenvalue weighted by Gasteiger charge is 2.21. The maximum absolute atomic E-state index is 12.2. The van der Waals surface area contributed by atoms with E-state index in [1.807, 2.05) is 12.1 Å². The Morgan fingerprint density at radius 2 is 1.58 bits per heavy atom. The number of nitrogens with one attached hydrogen (secondary N) is 1. The Hall–Kier alpha value is -3.41. The number of carbonyl (C=O) groups is 1. The number of phenolic OH excluding ortho intramolecular Hbond substituents is 1. The maximum Gasteiger partial charge on any atom is 0.355 e. The zero-order valence-corrected chi connectivity index (χ0v) is 14.7. The summed E-state index contributed by atoms with van der Waals surface area (Å²) >= 11 is 0. The van der Waals surface area contributed by atoms with Crippen LogP contribution in [0.15, 0.2) is 48.7 Å². The van der Waals surface area contributed by atoms with Crippen molar-refractivity contribution in [2.75, 3.05) is 21.3 Å². The molecule has 0 unspecified atom stereocenters. The first kappa shape index (κ1) is 17.4. The summed E-state index contributed by atoms with van der Waals surface area (Å²) in [5.74, 6) is 0.880. The van der Waals surface area contributed by atoms with Crippen molar-refractivity contribution in [3.63, 3.8) is 0 Å². The molecule has 26 heavy (non-hydrogen) atoms. The molecule has 1 aromatic heterocycles. The monoisotopic (exact) mass is 353 g/mol. The summed E-state index contributed by atoms with van der Waals surface area (Å²) < 4.78 is 15.5. The Balaban J connectivity index is 2.20. The van der Waals surface area contributed by atoms with Crippen LogP contribution in [0.5, 0.6) is 17.2 Å². The van der Waals surface area contributed by atoms with Crippen LogP contribution in [0, 0.1) is 0 Å². The van der Waals surface area contributed by atoms with Crippen molar-refractivity contribution in [2.24, 2.45) is 0 Å². The number of methoxy groups -OCH3 is 3. The number of hydrogen-bond acceptors (Lipinski definition) is 5. The van der Waals surface area contributed by atoms with Gasteiger partial charge in [0.2, 0.25) is 0 Å². The van der Waals surface area contributed by atoms with Crippen LogP contribution in [0.1, 0.15) is 10.5 Å². The Morgan fingerprint density at radius 3 is 2.19 bits per heavy atom. The molecule has 3 aromatic rings. The van der Waals surface area contributed by atoms with Crippen LogP contribution in [-0.2, 0) is 4.74 Å². The third-order valence-corrected chi connectivity index (χ3v) is 4.12. The second-order valence-corrected chi connectivity index (χ2v) is 5.56. The lowest BCUT2D eigenvalue weighted by molar-refractivity contribution is 0.0595. The zero-order valence-electron chi connectivity index (χ0n) is 14.7. The molecular formula is C20H19NO5. The van der Waals surface area contributed by atoms with Crippen molar-refractivity contribution in [1.82, 2.24) is 4.98 Å². The van der Waals surface area contributed by atoms with Crippen LogP contribution in [0.3, 0.4) is 0 Å². The fourth-order valence-electron chi connectivity index (χ4n) is 2.85.